The van der Waals surface area contributed by atoms with Crippen LogP contribution in [0.1, 0.15) is 25.0 Å². The third-order valence-electron chi connectivity index (χ3n) is 5.43. The van der Waals surface area contributed by atoms with Crippen LogP contribution in [0.2, 0.25) is 5.02 Å². The summed E-state index contributed by atoms with van der Waals surface area (Å²) in [6.07, 6.45) is 8.73. The zero-order valence-corrected chi connectivity index (χ0v) is 17.4. The number of nitrogens with zero attached hydrogens (tertiary/aromatic N) is 4. The average Bonchev–Trinajstić information content (AvgIpc) is 3.30. The molecule has 0 spiro atoms. The molecule has 4 rings (SSSR count). The minimum absolute atomic E-state index is 0.179. The molecule has 29 heavy (non-hydrogen) atoms. The van der Waals surface area contributed by atoms with Crippen LogP contribution in [-0.4, -0.2) is 66.4 Å². The number of allylic oxidation sites excluding steroid dienone is 1. The summed E-state index contributed by atoms with van der Waals surface area (Å²) >= 11 is 6.33. The molecule has 1 fully saturated rings. The fourth-order valence-electron chi connectivity index (χ4n) is 3.80. The van der Waals surface area contributed by atoms with Crippen molar-refractivity contribution in [1.29, 1.82) is 0 Å². The SMILES string of the molecule is Clc1ccccc1N1CCN(CCCCOC2C=CCC(c3ccn[nH]3)=N2)CC1. The molecule has 0 bridgehead atoms. The van der Waals surface area contributed by atoms with Crippen molar-refractivity contribution in [3.63, 3.8) is 0 Å². The monoisotopic (exact) mass is 413 g/mol. The summed E-state index contributed by atoms with van der Waals surface area (Å²) < 4.78 is 5.94. The molecule has 0 saturated carbocycles. The van der Waals surface area contributed by atoms with Crippen LogP contribution >= 0.6 is 11.6 Å². The van der Waals surface area contributed by atoms with Crippen molar-refractivity contribution < 1.29 is 4.74 Å². The first kappa shape index (κ1) is 20.1. The number of aliphatic imine (C=N–C) groups is 1. The lowest BCUT2D eigenvalue weighted by molar-refractivity contribution is 0.0849. The van der Waals surface area contributed by atoms with Crippen LogP contribution in [0.5, 0.6) is 0 Å². The van der Waals surface area contributed by atoms with Crippen molar-refractivity contribution in [3.8, 4) is 0 Å². The van der Waals surface area contributed by atoms with E-state index in [1.54, 1.807) is 6.20 Å². The number of rotatable bonds is 8. The van der Waals surface area contributed by atoms with Crippen molar-refractivity contribution in [2.24, 2.45) is 4.99 Å². The van der Waals surface area contributed by atoms with Gasteiger partial charge in [0, 0.05) is 45.4 Å². The number of H-pyrrole nitrogens is 1. The van der Waals surface area contributed by atoms with E-state index in [9.17, 15) is 0 Å². The Hall–Kier alpha value is -2.15. The van der Waals surface area contributed by atoms with Gasteiger partial charge in [0.25, 0.3) is 0 Å². The second-order valence-electron chi connectivity index (χ2n) is 7.43. The summed E-state index contributed by atoms with van der Waals surface area (Å²) in [4.78, 5) is 9.58. The molecule has 2 aliphatic rings. The van der Waals surface area contributed by atoms with Crippen LogP contribution in [0.4, 0.5) is 5.69 Å². The Morgan fingerprint density at radius 3 is 2.76 bits per heavy atom. The van der Waals surface area contributed by atoms with E-state index in [0.29, 0.717) is 0 Å². The lowest BCUT2D eigenvalue weighted by Crippen LogP contribution is -2.46. The molecular weight excluding hydrogens is 386 g/mol. The summed E-state index contributed by atoms with van der Waals surface area (Å²) in [6.45, 7) is 6.05. The molecule has 2 aliphatic heterocycles. The highest BCUT2D eigenvalue weighted by molar-refractivity contribution is 6.33. The normalized spacial score (nSPS) is 20.1. The van der Waals surface area contributed by atoms with Crippen molar-refractivity contribution in [1.82, 2.24) is 15.1 Å². The number of unbranched alkanes of at least 4 members (excludes halogenated alkanes) is 1. The van der Waals surface area contributed by atoms with Gasteiger partial charge in [0.1, 0.15) is 0 Å². The molecule has 3 heterocycles. The molecule has 7 heteroatoms. The quantitative estimate of drug-likeness (QED) is 0.529. The number of aromatic amines is 1. The number of halogens is 1. The van der Waals surface area contributed by atoms with Crippen LogP contribution < -0.4 is 4.90 Å². The van der Waals surface area contributed by atoms with Crippen LogP contribution in [-0.2, 0) is 4.74 Å². The van der Waals surface area contributed by atoms with E-state index in [0.717, 1.165) is 80.7 Å². The van der Waals surface area contributed by atoms with Crippen molar-refractivity contribution in [2.75, 3.05) is 44.2 Å². The molecule has 0 radical (unpaired) electrons. The van der Waals surface area contributed by atoms with E-state index in [2.05, 4.69) is 43.2 Å². The van der Waals surface area contributed by atoms with Gasteiger partial charge in [-0.1, -0.05) is 29.8 Å². The molecular formula is C22H28ClN5O. The van der Waals surface area contributed by atoms with Crippen molar-refractivity contribution in [3.05, 3.63) is 59.4 Å². The van der Waals surface area contributed by atoms with E-state index in [1.807, 2.05) is 24.3 Å². The number of benzene rings is 1. The first-order chi connectivity index (χ1) is 14.3. The smallest absolute Gasteiger partial charge is 0.167 e. The zero-order valence-electron chi connectivity index (χ0n) is 16.6. The van der Waals surface area contributed by atoms with Gasteiger partial charge < -0.3 is 9.64 Å². The molecule has 154 valence electrons. The van der Waals surface area contributed by atoms with Gasteiger partial charge >= 0.3 is 0 Å². The Morgan fingerprint density at radius 2 is 1.97 bits per heavy atom. The Balaban J connectivity index is 1.13. The summed E-state index contributed by atoms with van der Waals surface area (Å²) in [5.74, 6) is 0. The van der Waals surface area contributed by atoms with E-state index < -0.39 is 0 Å². The Kier molecular flexibility index (Phi) is 6.98. The maximum atomic E-state index is 6.33. The Bertz CT molecular complexity index is 827. The maximum Gasteiger partial charge on any atom is 0.167 e. The fraction of sp³-hybridized carbons (Fsp3) is 0.455. The first-order valence-electron chi connectivity index (χ1n) is 10.4. The highest BCUT2D eigenvalue weighted by atomic mass is 35.5. The van der Waals surface area contributed by atoms with Gasteiger partial charge in [-0.25, -0.2) is 0 Å². The zero-order chi connectivity index (χ0) is 19.9. The first-order valence-corrected chi connectivity index (χ1v) is 10.7. The summed E-state index contributed by atoms with van der Waals surface area (Å²) in [7, 11) is 0. The van der Waals surface area contributed by atoms with E-state index in [1.165, 1.54) is 0 Å². The molecule has 2 aromatic rings. The summed E-state index contributed by atoms with van der Waals surface area (Å²) in [6, 6.07) is 10.1. The number of hydrogen-bond acceptors (Lipinski definition) is 5. The van der Waals surface area contributed by atoms with Gasteiger partial charge in [0.05, 0.1) is 22.1 Å². The summed E-state index contributed by atoms with van der Waals surface area (Å²) in [5, 5.41) is 7.81. The Labute approximate surface area is 177 Å². The van der Waals surface area contributed by atoms with Crippen LogP contribution in [0.15, 0.2) is 53.7 Å². The summed E-state index contributed by atoms with van der Waals surface area (Å²) in [5.41, 5.74) is 3.13. The maximum absolute atomic E-state index is 6.33. The lowest BCUT2D eigenvalue weighted by atomic mass is 10.1. The minimum atomic E-state index is -0.179. The number of ether oxygens (including phenoxy) is 1. The van der Waals surface area contributed by atoms with Crippen molar-refractivity contribution >= 4 is 23.0 Å². The number of nitrogens with one attached hydrogen (secondary N) is 1. The third-order valence-corrected chi connectivity index (χ3v) is 5.75. The number of hydrogen-bond donors (Lipinski definition) is 1. The van der Waals surface area contributed by atoms with E-state index >= 15 is 0 Å². The van der Waals surface area contributed by atoms with Gasteiger partial charge in [-0.3, -0.25) is 15.0 Å². The molecule has 1 N–H and O–H groups in total. The highest BCUT2D eigenvalue weighted by Gasteiger charge is 2.18. The second kappa shape index (κ2) is 10.1. The molecule has 1 saturated heterocycles. The average molecular weight is 414 g/mol. The number of piperazine rings is 1. The standard InChI is InChI=1S/C22H28ClN5O/c23-18-6-1-2-8-21(18)28-15-13-27(14-16-28)12-3-4-17-29-22-9-5-7-19(25-22)20-10-11-24-26-20/h1-2,5-6,8-11,22H,3-4,7,12-17H2,(H,24,26). The van der Waals surface area contributed by atoms with Crippen LogP contribution in [0.25, 0.3) is 0 Å². The predicted octanol–water partition coefficient (Wildman–Crippen LogP) is 3.76. The Morgan fingerprint density at radius 1 is 1.10 bits per heavy atom. The van der Waals surface area contributed by atoms with Gasteiger partial charge in [0.2, 0.25) is 0 Å². The largest absolute Gasteiger partial charge is 0.368 e. The van der Waals surface area contributed by atoms with Gasteiger partial charge in [-0.05, 0) is 43.7 Å². The molecule has 1 aromatic heterocycles. The van der Waals surface area contributed by atoms with Gasteiger partial charge in [0.15, 0.2) is 6.23 Å². The van der Waals surface area contributed by atoms with Crippen LogP contribution in [0, 0.1) is 0 Å². The topological polar surface area (TPSA) is 56.8 Å². The van der Waals surface area contributed by atoms with Crippen molar-refractivity contribution in [2.45, 2.75) is 25.5 Å². The third kappa shape index (κ3) is 5.47. The molecule has 0 aliphatic carbocycles. The number of aromatic nitrogens is 2. The number of anilines is 1. The van der Waals surface area contributed by atoms with Gasteiger partial charge in [-0.15, -0.1) is 0 Å². The second-order valence-corrected chi connectivity index (χ2v) is 7.83. The molecule has 1 atom stereocenters. The van der Waals surface area contributed by atoms with E-state index in [-0.39, 0.29) is 6.23 Å². The lowest BCUT2D eigenvalue weighted by Gasteiger charge is -2.36. The number of dihydropyridines is 1. The number of para-hydroxylation sites is 1. The molecule has 1 unspecified atom stereocenters. The van der Waals surface area contributed by atoms with Crippen LogP contribution in [0.3, 0.4) is 0 Å². The minimum Gasteiger partial charge on any atom is -0.368 e. The van der Waals surface area contributed by atoms with E-state index in [4.69, 9.17) is 16.3 Å². The molecule has 6 nitrogen and oxygen atoms in total. The van der Waals surface area contributed by atoms with Gasteiger partial charge in [-0.2, -0.15) is 5.10 Å². The molecule has 1 aromatic carbocycles. The predicted molar refractivity (Wildman–Crippen MR) is 118 cm³/mol. The molecule has 0 amide bonds. The fourth-order valence-corrected chi connectivity index (χ4v) is 4.05. The highest BCUT2D eigenvalue weighted by Crippen LogP contribution is 2.26.